The Bertz CT molecular complexity index is 1190. The lowest BCUT2D eigenvalue weighted by molar-refractivity contribution is 0.0691. The summed E-state index contributed by atoms with van der Waals surface area (Å²) in [5.74, 6) is -0.0597. The highest BCUT2D eigenvalue weighted by Gasteiger charge is 2.33. The molecule has 1 amide bonds. The zero-order chi connectivity index (χ0) is 22.5. The minimum atomic E-state index is -3.58. The van der Waals surface area contributed by atoms with Crippen LogP contribution >= 0.6 is 0 Å². The molecule has 8 heteroatoms. The molecule has 7 nitrogen and oxygen atoms in total. The van der Waals surface area contributed by atoms with Crippen LogP contribution in [0.25, 0.3) is 0 Å². The van der Waals surface area contributed by atoms with Gasteiger partial charge in [0.15, 0.2) is 5.78 Å². The number of aromatic amines is 1. The predicted octanol–water partition coefficient (Wildman–Crippen LogP) is 2.87. The lowest BCUT2D eigenvalue weighted by Crippen LogP contribution is -2.50. The first-order valence-corrected chi connectivity index (χ1v) is 13.0. The Hall–Kier alpha value is -2.45. The highest BCUT2D eigenvalue weighted by atomic mass is 32.2. The van der Waals surface area contributed by atoms with Gasteiger partial charge in [0.1, 0.15) is 5.69 Å². The molecule has 170 valence electrons. The number of rotatable bonds is 3. The number of hydrogen-bond donors (Lipinski definition) is 1. The molecule has 0 saturated carbocycles. The maximum atomic E-state index is 13.2. The summed E-state index contributed by atoms with van der Waals surface area (Å²) in [4.78, 5) is 30.6. The van der Waals surface area contributed by atoms with Gasteiger partial charge in [0.25, 0.3) is 5.91 Å². The number of aromatic nitrogens is 1. The summed E-state index contributed by atoms with van der Waals surface area (Å²) >= 11 is 0. The van der Waals surface area contributed by atoms with Gasteiger partial charge in [-0.3, -0.25) is 9.59 Å². The zero-order valence-corrected chi connectivity index (χ0v) is 19.3. The zero-order valence-electron chi connectivity index (χ0n) is 18.4. The average Bonchev–Trinajstić information content (AvgIpc) is 3.16. The molecule has 0 atom stereocenters. The van der Waals surface area contributed by atoms with Gasteiger partial charge in [0, 0.05) is 43.9 Å². The number of amides is 1. The van der Waals surface area contributed by atoms with Crippen LogP contribution in [0, 0.1) is 6.92 Å². The van der Waals surface area contributed by atoms with Gasteiger partial charge < -0.3 is 9.88 Å². The number of carbonyl (C=O) groups is 2. The predicted molar refractivity (Wildman–Crippen MR) is 121 cm³/mol. The van der Waals surface area contributed by atoms with Crippen LogP contribution in [0.3, 0.4) is 0 Å². The molecule has 1 aliphatic heterocycles. The Morgan fingerprint density at radius 3 is 2.38 bits per heavy atom. The number of fused-ring (bicyclic) bond motifs is 2. The number of benzene rings is 1. The van der Waals surface area contributed by atoms with Crippen molar-refractivity contribution in [2.45, 2.75) is 56.8 Å². The molecule has 2 aromatic rings. The number of H-pyrrole nitrogens is 1. The van der Waals surface area contributed by atoms with Gasteiger partial charge in [0.2, 0.25) is 10.0 Å². The number of nitrogens with zero attached hydrogens (tertiary/aromatic N) is 2. The van der Waals surface area contributed by atoms with E-state index in [-0.39, 0.29) is 24.8 Å². The van der Waals surface area contributed by atoms with Crippen molar-refractivity contribution in [1.29, 1.82) is 0 Å². The number of ketones is 1. The molecule has 1 aromatic heterocycles. The van der Waals surface area contributed by atoms with Gasteiger partial charge in [-0.25, -0.2) is 8.42 Å². The van der Waals surface area contributed by atoms with Crippen molar-refractivity contribution in [2.24, 2.45) is 0 Å². The van der Waals surface area contributed by atoms with E-state index in [1.165, 1.54) is 9.87 Å². The van der Waals surface area contributed by atoms with E-state index in [4.69, 9.17) is 0 Å². The summed E-state index contributed by atoms with van der Waals surface area (Å²) < 4.78 is 27.9. The number of carbonyl (C=O) groups excluding carboxylic acids is 2. The smallest absolute Gasteiger partial charge is 0.270 e. The van der Waals surface area contributed by atoms with E-state index in [2.05, 4.69) is 4.98 Å². The summed E-state index contributed by atoms with van der Waals surface area (Å²) in [5.41, 5.74) is 5.12. The first kappa shape index (κ1) is 21.4. The van der Waals surface area contributed by atoms with Gasteiger partial charge in [-0.2, -0.15) is 4.31 Å². The molecule has 2 aliphatic carbocycles. The summed E-state index contributed by atoms with van der Waals surface area (Å²) in [6, 6.07) is 5.52. The van der Waals surface area contributed by atoms with E-state index < -0.39 is 10.0 Å². The molecule has 0 unspecified atom stereocenters. The van der Waals surface area contributed by atoms with Crippen LogP contribution in [0.2, 0.25) is 0 Å². The van der Waals surface area contributed by atoms with Crippen LogP contribution in [0.15, 0.2) is 23.1 Å². The summed E-state index contributed by atoms with van der Waals surface area (Å²) in [6.45, 7) is 3.02. The largest absolute Gasteiger partial charge is 0.354 e. The van der Waals surface area contributed by atoms with Crippen LogP contribution in [-0.2, 0) is 29.3 Å². The van der Waals surface area contributed by atoms with Crippen molar-refractivity contribution in [3.8, 4) is 0 Å². The molecule has 3 aliphatic rings. The molecular formula is C24H29N3O4S. The topological polar surface area (TPSA) is 90.6 Å². The Morgan fingerprint density at radius 1 is 0.938 bits per heavy atom. The molecule has 1 saturated heterocycles. The van der Waals surface area contributed by atoms with E-state index in [1.807, 2.05) is 19.1 Å². The molecule has 5 rings (SSSR count). The van der Waals surface area contributed by atoms with Gasteiger partial charge >= 0.3 is 0 Å². The van der Waals surface area contributed by atoms with Gasteiger partial charge in [-0.15, -0.1) is 0 Å². The summed E-state index contributed by atoms with van der Waals surface area (Å²) in [5, 5.41) is 0. The Morgan fingerprint density at radius 2 is 1.66 bits per heavy atom. The van der Waals surface area contributed by atoms with Crippen LogP contribution in [0.5, 0.6) is 0 Å². The number of piperazine rings is 1. The minimum absolute atomic E-state index is 0.0972. The van der Waals surface area contributed by atoms with Crippen molar-refractivity contribution in [3.63, 3.8) is 0 Å². The molecule has 1 aromatic carbocycles. The van der Waals surface area contributed by atoms with E-state index >= 15 is 0 Å². The highest BCUT2D eigenvalue weighted by molar-refractivity contribution is 7.89. The van der Waals surface area contributed by atoms with Crippen molar-refractivity contribution in [1.82, 2.24) is 14.2 Å². The van der Waals surface area contributed by atoms with Crippen molar-refractivity contribution >= 4 is 21.7 Å². The minimum Gasteiger partial charge on any atom is -0.354 e. The fourth-order valence-corrected chi connectivity index (χ4v) is 6.77. The van der Waals surface area contributed by atoms with E-state index in [1.54, 1.807) is 11.0 Å². The standard InChI is InChI=1S/C24H29N3O4S/c1-16-22-20(7-4-8-21(22)28)25-23(16)24(29)26-11-13-27(14-12-26)32(30,31)19-10-9-17-5-2-3-6-18(17)15-19/h9-10,15,25H,2-8,11-14H2,1H3. The number of Topliss-reactive ketones (excluding diaryl/α,β-unsaturated/α-hetero) is 1. The van der Waals surface area contributed by atoms with Crippen LogP contribution in [-0.4, -0.2) is 60.5 Å². The highest BCUT2D eigenvalue weighted by Crippen LogP contribution is 2.29. The number of nitrogens with one attached hydrogen (secondary N) is 1. The fourth-order valence-electron chi connectivity index (χ4n) is 5.30. The van der Waals surface area contributed by atoms with Crippen molar-refractivity contribution in [2.75, 3.05) is 26.2 Å². The first-order valence-electron chi connectivity index (χ1n) is 11.5. The van der Waals surface area contributed by atoms with Gasteiger partial charge in [-0.1, -0.05) is 6.07 Å². The first-order chi connectivity index (χ1) is 15.4. The molecule has 32 heavy (non-hydrogen) atoms. The fraction of sp³-hybridized carbons (Fsp3) is 0.500. The monoisotopic (exact) mass is 455 g/mol. The lowest BCUT2D eigenvalue weighted by atomic mass is 9.92. The second kappa shape index (κ2) is 8.15. The van der Waals surface area contributed by atoms with Crippen LogP contribution in [0.4, 0.5) is 0 Å². The molecule has 0 spiro atoms. The third kappa shape index (κ3) is 3.59. The lowest BCUT2D eigenvalue weighted by Gasteiger charge is -2.34. The molecule has 1 N–H and O–H groups in total. The van der Waals surface area contributed by atoms with Crippen molar-refractivity contribution in [3.05, 3.63) is 51.8 Å². The average molecular weight is 456 g/mol. The number of hydrogen-bond acceptors (Lipinski definition) is 4. The second-order valence-electron chi connectivity index (χ2n) is 9.09. The molecule has 2 heterocycles. The summed E-state index contributed by atoms with van der Waals surface area (Å²) in [7, 11) is -3.58. The third-order valence-electron chi connectivity index (χ3n) is 7.13. The van der Waals surface area contributed by atoms with Crippen molar-refractivity contribution < 1.29 is 18.0 Å². The Balaban J connectivity index is 1.30. The number of aryl methyl sites for hydroxylation is 3. The van der Waals surface area contributed by atoms with Crippen LogP contribution in [0.1, 0.15) is 68.9 Å². The Labute approximate surface area is 188 Å². The normalized spacial score (nSPS) is 19.5. The van der Waals surface area contributed by atoms with Gasteiger partial charge in [0.05, 0.1) is 4.90 Å². The maximum absolute atomic E-state index is 13.2. The number of sulfonamides is 1. The Kier molecular flexibility index (Phi) is 5.45. The second-order valence-corrected chi connectivity index (χ2v) is 11.0. The molecular weight excluding hydrogens is 426 g/mol. The van der Waals surface area contributed by atoms with E-state index in [0.717, 1.165) is 55.3 Å². The summed E-state index contributed by atoms with van der Waals surface area (Å²) in [6.07, 6.45) is 6.32. The van der Waals surface area contributed by atoms with E-state index in [9.17, 15) is 18.0 Å². The third-order valence-corrected chi connectivity index (χ3v) is 9.03. The SMILES string of the molecule is Cc1c(C(=O)N2CCN(S(=O)(=O)c3ccc4c(c3)CCCC4)CC2)[nH]c2c1C(=O)CCC2. The van der Waals surface area contributed by atoms with Crippen LogP contribution < -0.4 is 0 Å². The quantitative estimate of drug-likeness (QED) is 0.771. The molecule has 0 radical (unpaired) electrons. The van der Waals surface area contributed by atoms with Gasteiger partial charge in [-0.05, 0) is 74.3 Å². The van der Waals surface area contributed by atoms with E-state index in [0.29, 0.717) is 35.7 Å². The molecule has 1 fully saturated rings. The molecule has 0 bridgehead atoms. The maximum Gasteiger partial charge on any atom is 0.270 e.